The van der Waals surface area contributed by atoms with Crippen LogP contribution in [0.4, 0.5) is 5.69 Å². The number of aliphatic imine (C=N–C) groups is 1. The Morgan fingerprint density at radius 2 is 2.11 bits per heavy atom. The molecule has 96 valence electrons. The molecule has 1 aliphatic rings. The highest BCUT2D eigenvalue weighted by Gasteiger charge is 2.21. The van der Waals surface area contributed by atoms with Gasteiger partial charge in [0.15, 0.2) is 5.96 Å². The molecule has 2 rings (SSSR count). The van der Waals surface area contributed by atoms with Gasteiger partial charge in [0, 0.05) is 13.1 Å². The molecule has 0 amide bonds. The Balaban J connectivity index is 2.42. The molecule has 0 radical (unpaired) electrons. The predicted molar refractivity (Wildman–Crippen MR) is 78.9 cm³/mol. The minimum atomic E-state index is 0.611. The van der Waals surface area contributed by atoms with Crippen molar-refractivity contribution in [2.45, 2.75) is 6.92 Å². The van der Waals surface area contributed by atoms with Gasteiger partial charge in [-0.3, -0.25) is 4.99 Å². The Labute approximate surface area is 117 Å². The molecule has 0 unspecified atom stereocenters. The zero-order valence-corrected chi connectivity index (χ0v) is 11.7. The summed E-state index contributed by atoms with van der Waals surface area (Å²) in [5.74, 6) is 0.799. The number of para-hydroxylation sites is 1. The van der Waals surface area contributed by atoms with Crippen LogP contribution in [-0.2, 0) is 0 Å². The number of rotatable bonds is 3. The summed E-state index contributed by atoms with van der Waals surface area (Å²) in [7, 11) is 0. The Bertz CT molecular complexity index is 477. The summed E-state index contributed by atoms with van der Waals surface area (Å²) in [5, 5.41) is 4.46. The van der Waals surface area contributed by atoms with Gasteiger partial charge in [-0.1, -0.05) is 41.4 Å². The molecule has 0 aromatic heterocycles. The van der Waals surface area contributed by atoms with E-state index in [0.717, 1.165) is 30.3 Å². The predicted octanol–water partition coefficient (Wildman–Crippen LogP) is 3.34. The van der Waals surface area contributed by atoms with E-state index in [9.17, 15) is 0 Å². The summed E-state index contributed by atoms with van der Waals surface area (Å²) in [6.45, 7) is 8.15. The lowest BCUT2D eigenvalue weighted by atomic mass is 10.2. The van der Waals surface area contributed by atoms with Gasteiger partial charge in [0.25, 0.3) is 0 Å². The number of benzene rings is 1. The molecule has 0 saturated heterocycles. The number of halogens is 2. The Morgan fingerprint density at radius 1 is 1.44 bits per heavy atom. The molecule has 5 heteroatoms. The van der Waals surface area contributed by atoms with E-state index < -0.39 is 0 Å². The first kappa shape index (κ1) is 13.2. The van der Waals surface area contributed by atoms with Gasteiger partial charge in [-0.05, 0) is 19.1 Å². The normalized spacial score (nSPS) is 14.1. The van der Waals surface area contributed by atoms with E-state index in [4.69, 9.17) is 23.2 Å². The largest absolute Gasteiger partial charge is 0.354 e. The van der Waals surface area contributed by atoms with Crippen molar-refractivity contribution < 1.29 is 0 Å². The van der Waals surface area contributed by atoms with E-state index in [1.165, 1.54) is 0 Å². The SMILES string of the molecule is C=C(C)CN(C1=NCCN1)c1c(Cl)cccc1Cl. The van der Waals surface area contributed by atoms with Gasteiger partial charge in [0.1, 0.15) is 0 Å². The van der Waals surface area contributed by atoms with Crippen LogP contribution in [0.2, 0.25) is 10.0 Å². The average molecular weight is 284 g/mol. The number of hydrogen-bond donors (Lipinski definition) is 1. The molecular formula is C13H15Cl2N3. The summed E-state index contributed by atoms with van der Waals surface area (Å²) in [6.07, 6.45) is 0. The zero-order valence-electron chi connectivity index (χ0n) is 10.2. The van der Waals surface area contributed by atoms with Crippen molar-refractivity contribution in [1.82, 2.24) is 5.32 Å². The van der Waals surface area contributed by atoms with Crippen molar-refractivity contribution in [3.8, 4) is 0 Å². The van der Waals surface area contributed by atoms with Crippen LogP contribution in [0, 0.1) is 0 Å². The third-order valence-corrected chi connectivity index (χ3v) is 3.16. The molecule has 1 aliphatic heterocycles. The monoisotopic (exact) mass is 283 g/mol. The summed E-state index contributed by atoms with van der Waals surface area (Å²) in [4.78, 5) is 6.39. The highest BCUT2D eigenvalue weighted by Crippen LogP contribution is 2.34. The van der Waals surface area contributed by atoms with Gasteiger partial charge >= 0.3 is 0 Å². The van der Waals surface area contributed by atoms with Crippen LogP contribution < -0.4 is 10.2 Å². The van der Waals surface area contributed by atoms with Crippen LogP contribution in [0.1, 0.15) is 6.92 Å². The first-order valence-corrected chi connectivity index (χ1v) is 6.49. The molecule has 1 aromatic carbocycles. The van der Waals surface area contributed by atoms with E-state index in [-0.39, 0.29) is 0 Å². The fraction of sp³-hybridized carbons (Fsp3) is 0.308. The van der Waals surface area contributed by atoms with E-state index in [0.29, 0.717) is 16.6 Å². The van der Waals surface area contributed by atoms with Gasteiger partial charge in [0.05, 0.1) is 22.3 Å². The van der Waals surface area contributed by atoms with Gasteiger partial charge in [-0.2, -0.15) is 0 Å². The van der Waals surface area contributed by atoms with Gasteiger partial charge in [-0.15, -0.1) is 0 Å². The molecule has 3 nitrogen and oxygen atoms in total. The van der Waals surface area contributed by atoms with Crippen LogP contribution in [-0.4, -0.2) is 25.6 Å². The van der Waals surface area contributed by atoms with Crippen LogP contribution in [0.15, 0.2) is 35.3 Å². The molecule has 0 atom stereocenters. The highest BCUT2D eigenvalue weighted by molar-refractivity contribution is 6.40. The lowest BCUT2D eigenvalue weighted by molar-refractivity contribution is 0.940. The van der Waals surface area contributed by atoms with Gasteiger partial charge in [0.2, 0.25) is 0 Å². The maximum atomic E-state index is 6.25. The summed E-state index contributed by atoms with van der Waals surface area (Å²) in [6, 6.07) is 5.48. The van der Waals surface area contributed by atoms with Crippen molar-refractivity contribution in [3.63, 3.8) is 0 Å². The topological polar surface area (TPSA) is 27.6 Å². The molecule has 1 N–H and O–H groups in total. The molecular weight excluding hydrogens is 269 g/mol. The van der Waals surface area contributed by atoms with Crippen molar-refractivity contribution in [2.75, 3.05) is 24.5 Å². The molecule has 0 aliphatic carbocycles. The molecule has 18 heavy (non-hydrogen) atoms. The quantitative estimate of drug-likeness (QED) is 0.862. The lowest BCUT2D eigenvalue weighted by Crippen LogP contribution is -2.40. The standard InChI is InChI=1S/C13H15Cl2N3/c1-9(2)8-18(13-16-6-7-17-13)12-10(14)4-3-5-11(12)15/h3-5H,1,6-8H2,2H3,(H,16,17). The highest BCUT2D eigenvalue weighted by atomic mass is 35.5. The maximum absolute atomic E-state index is 6.25. The van der Waals surface area contributed by atoms with Crippen LogP contribution >= 0.6 is 23.2 Å². The second-order valence-corrected chi connectivity index (χ2v) is 5.06. The number of nitrogens with zero attached hydrogens (tertiary/aromatic N) is 2. The molecule has 1 aromatic rings. The molecule has 0 saturated carbocycles. The lowest BCUT2D eigenvalue weighted by Gasteiger charge is -2.26. The van der Waals surface area contributed by atoms with Crippen molar-refractivity contribution >= 4 is 34.8 Å². The number of hydrogen-bond acceptors (Lipinski definition) is 3. The van der Waals surface area contributed by atoms with Crippen LogP contribution in [0.25, 0.3) is 0 Å². The Morgan fingerprint density at radius 3 is 2.61 bits per heavy atom. The number of anilines is 1. The van der Waals surface area contributed by atoms with E-state index in [1.807, 2.05) is 30.0 Å². The fourth-order valence-corrected chi connectivity index (χ4v) is 2.44. The molecule has 0 spiro atoms. The maximum Gasteiger partial charge on any atom is 0.199 e. The molecule has 0 fully saturated rings. The van der Waals surface area contributed by atoms with E-state index in [2.05, 4.69) is 16.9 Å². The minimum absolute atomic E-state index is 0.611. The zero-order chi connectivity index (χ0) is 13.1. The first-order valence-electron chi connectivity index (χ1n) is 5.74. The summed E-state index contributed by atoms with van der Waals surface area (Å²) < 4.78 is 0. The van der Waals surface area contributed by atoms with Crippen molar-refractivity contribution in [3.05, 3.63) is 40.4 Å². The van der Waals surface area contributed by atoms with E-state index >= 15 is 0 Å². The van der Waals surface area contributed by atoms with Crippen molar-refractivity contribution in [2.24, 2.45) is 4.99 Å². The third kappa shape index (κ3) is 2.79. The Hall–Kier alpha value is -1.19. The second kappa shape index (κ2) is 5.63. The van der Waals surface area contributed by atoms with Crippen LogP contribution in [0.3, 0.4) is 0 Å². The molecule has 0 bridgehead atoms. The van der Waals surface area contributed by atoms with E-state index in [1.54, 1.807) is 0 Å². The smallest absolute Gasteiger partial charge is 0.199 e. The average Bonchev–Trinajstić information content (AvgIpc) is 2.80. The summed E-state index contributed by atoms with van der Waals surface area (Å²) >= 11 is 12.5. The Kier molecular flexibility index (Phi) is 4.15. The van der Waals surface area contributed by atoms with Crippen molar-refractivity contribution in [1.29, 1.82) is 0 Å². The van der Waals surface area contributed by atoms with Gasteiger partial charge < -0.3 is 10.2 Å². The van der Waals surface area contributed by atoms with Crippen LogP contribution in [0.5, 0.6) is 0 Å². The number of nitrogens with one attached hydrogen (secondary N) is 1. The molecule has 1 heterocycles. The second-order valence-electron chi connectivity index (χ2n) is 4.25. The third-order valence-electron chi connectivity index (χ3n) is 2.55. The summed E-state index contributed by atoms with van der Waals surface area (Å²) in [5.41, 5.74) is 1.79. The van der Waals surface area contributed by atoms with Gasteiger partial charge in [-0.25, -0.2) is 0 Å². The number of guanidine groups is 1. The minimum Gasteiger partial charge on any atom is -0.354 e. The fourth-order valence-electron chi connectivity index (χ4n) is 1.84. The first-order chi connectivity index (χ1) is 8.59.